The zero-order chi connectivity index (χ0) is 8.82. The summed E-state index contributed by atoms with van der Waals surface area (Å²) < 4.78 is 11.7. The number of ether oxygens (including phenoxy) is 1. The third-order valence-electron chi connectivity index (χ3n) is 2.50. The first kappa shape index (κ1) is 8.72. The normalized spacial score (nSPS) is 40.8. The van der Waals surface area contributed by atoms with Gasteiger partial charge >= 0.3 is 0 Å². The van der Waals surface area contributed by atoms with Gasteiger partial charge < -0.3 is 9.16 Å². The van der Waals surface area contributed by atoms with Crippen LogP contribution in [0.25, 0.3) is 0 Å². The molecule has 0 aromatic rings. The van der Waals surface area contributed by atoms with E-state index in [9.17, 15) is 0 Å². The predicted octanol–water partition coefficient (Wildman–Crippen LogP) is 2.51. The first-order valence-corrected chi connectivity index (χ1v) is 8.31. The van der Waals surface area contributed by atoms with Crippen LogP contribution < -0.4 is 0 Å². The Hall–Kier alpha value is 0.137. The molecule has 2 fully saturated rings. The molecule has 3 heteroatoms. The summed E-state index contributed by atoms with van der Waals surface area (Å²) in [4.78, 5) is 0. The van der Waals surface area contributed by atoms with Crippen molar-refractivity contribution in [3.05, 3.63) is 0 Å². The minimum atomic E-state index is -1.40. The summed E-state index contributed by atoms with van der Waals surface area (Å²) in [6.07, 6.45) is 5.38. The Labute approximate surface area is 75.4 Å². The van der Waals surface area contributed by atoms with E-state index < -0.39 is 8.32 Å². The molecule has 70 valence electrons. The van der Waals surface area contributed by atoms with Crippen molar-refractivity contribution in [2.75, 3.05) is 0 Å². The molecule has 0 bridgehead atoms. The van der Waals surface area contributed by atoms with Crippen molar-refractivity contribution in [2.24, 2.45) is 0 Å². The van der Waals surface area contributed by atoms with E-state index in [1.54, 1.807) is 0 Å². The fourth-order valence-corrected chi connectivity index (χ4v) is 3.38. The van der Waals surface area contributed by atoms with Crippen LogP contribution in [0.4, 0.5) is 0 Å². The molecule has 12 heavy (non-hydrogen) atoms. The van der Waals surface area contributed by atoms with Crippen molar-refractivity contribution in [2.45, 2.75) is 57.2 Å². The second-order valence-corrected chi connectivity index (χ2v) is 9.31. The van der Waals surface area contributed by atoms with E-state index in [0.29, 0.717) is 6.10 Å². The van der Waals surface area contributed by atoms with E-state index in [0.717, 1.165) is 6.42 Å². The molecule has 1 heterocycles. The van der Waals surface area contributed by atoms with E-state index in [4.69, 9.17) is 9.16 Å². The molecule has 2 rings (SSSR count). The molecule has 1 saturated heterocycles. The lowest BCUT2D eigenvalue weighted by Gasteiger charge is -2.26. The number of rotatable bonds is 2. The lowest BCUT2D eigenvalue weighted by Crippen LogP contribution is -2.36. The summed E-state index contributed by atoms with van der Waals surface area (Å²) >= 11 is 0. The lowest BCUT2D eigenvalue weighted by atomic mass is 9.98. The molecular formula is C9H18O2Si. The molecule has 0 aromatic heterocycles. The average Bonchev–Trinajstić information content (AvgIpc) is 2.56. The maximum absolute atomic E-state index is 6.06. The predicted molar refractivity (Wildman–Crippen MR) is 50.5 cm³/mol. The highest BCUT2D eigenvalue weighted by Gasteiger charge is 2.59. The maximum Gasteiger partial charge on any atom is 0.187 e. The van der Waals surface area contributed by atoms with Crippen molar-refractivity contribution in [1.29, 1.82) is 0 Å². The summed E-state index contributed by atoms with van der Waals surface area (Å²) in [5, 5.41) is 0. The highest BCUT2D eigenvalue weighted by molar-refractivity contribution is 6.69. The van der Waals surface area contributed by atoms with E-state index in [1.165, 1.54) is 19.3 Å². The van der Waals surface area contributed by atoms with Crippen LogP contribution in [0.1, 0.15) is 25.7 Å². The van der Waals surface area contributed by atoms with Crippen LogP contribution in [0.15, 0.2) is 0 Å². The van der Waals surface area contributed by atoms with Crippen molar-refractivity contribution in [3.63, 3.8) is 0 Å². The maximum atomic E-state index is 6.06. The van der Waals surface area contributed by atoms with Crippen LogP contribution in [0.5, 0.6) is 0 Å². The van der Waals surface area contributed by atoms with Gasteiger partial charge in [-0.15, -0.1) is 0 Å². The van der Waals surface area contributed by atoms with Crippen molar-refractivity contribution in [1.82, 2.24) is 0 Å². The van der Waals surface area contributed by atoms with Gasteiger partial charge in [0.25, 0.3) is 0 Å². The van der Waals surface area contributed by atoms with Gasteiger partial charge in [0.15, 0.2) is 14.1 Å². The van der Waals surface area contributed by atoms with E-state index in [-0.39, 0.29) is 5.79 Å². The Balaban J connectivity index is 1.96. The molecule has 0 radical (unpaired) electrons. The van der Waals surface area contributed by atoms with Crippen molar-refractivity contribution in [3.8, 4) is 0 Å². The summed E-state index contributed by atoms with van der Waals surface area (Å²) in [6, 6.07) is 0. The standard InChI is InChI=1S/C9H18O2Si/c1-12(2,3)11-9-7-5-4-6-8(9)10-9/h8H,4-7H2,1-3H3. The Kier molecular flexibility index (Phi) is 1.86. The molecule has 2 aliphatic rings. The summed E-state index contributed by atoms with van der Waals surface area (Å²) in [5.41, 5.74) is 0. The van der Waals surface area contributed by atoms with Gasteiger partial charge in [-0.1, -0.05) is 6.42 Å². The molecule has 1 aliphatic carbocycles. The van der Waals surface area contributed by atoms with Crippen LogP contribution >= 0.6 is 0 Å². The van der Waals surface area contributed by atoms with E-state index >= 15 is 0 Å². The van der Waals surface area contributed by atoms with Gasteiger partial charge in [-0.2, -0.15) is 0 Å². The van der Waals surface area contributed by atoms with Gasteiger partial charge in [-0.05, 0) is 32.5 Å². The Morgan fingerprint density at radius 2 is 2.08 bits per heavy atom. The van der Waals surface area contributed by atoms with Gasteiger partial charge in [0, 0.05) is 6.42 Å². The number of hydrogen-bond acceptors (Lipinski definition) is 2. The third kappa shape index (κ3) is 1.58. The van der Waals surface area contributed by atoms with Gasteiger partial charge in [0.2, 0.25) is 0 Å². The highest BCUT2D eigenvalue weighted by atomic mass is 28.4. The van der Waals surface area contributed by atoms with Crippen LogP contribution in [-0.4, -0.2) is 20.2 Å². The third-order valence-corrected chi connectivity index (χ3v) is 3.45. The minimum Gasteiger partial charge on any atom is -0.389 e. The molecular weight excluding hydrogens is 168 g/mol. The molecule has 2 atom stereocenters. The number of fused-ring (bicyclic) bond motifs is 1. The number of hydrogen-bond donors (Lipinski definition) is 0. The molecule has 0 spiro atoms. The Bertz CT molecular complexity index is 187. The zero-order valence-corrected chi connectivity index (χ0v) is 9.22. The molecule has 0 aromatic carbocycles. The average molecular weight is 186 g/mol. The van der Waals surface area contributed by atoms with Crippen LogP contribution in [0.2, 0.25) is 19.6 Å². The van der Waals surface area contributed by atoms with Crippen molar-refractivity contribution < 1.29 is 9.16 Å². The van der Waals surface area contributed by atoms with Crippen molar-refractivity contribution >= 4 is 8.32 Å². The first-order valence-electron chi connectivity index (χ1n) is 4.90. The summed E-state index contributed by atoms with van der Waals surface area (Å²) in [7, 11) is -1.40. The van der Waals surface area contributed by atoms with Crippen LogP contribution in [-0.2, 0) is 9.16 Å². The van der Waals surface area contributed by atoms with Gasteiger partial charge in [0.1, 0.15) is 6.10 Å². The zero-order valence-electron chi connectivity index (χ0n) is 8.22. The van der Waals surface area contributed by atoms with Crippen LogP contribution in [0.3, 0.4) is 0 Å². The van der Waals surface area contributed by atoms with Gasteiger partial charge in [-0.3, -0.25) is 0 Å². The quantitative estimate of drug-likeness (QED) is 0.488. The van der Waals surface area contributed by atoms with Gasteiger partial charge in [-0.25, -0.2) is 0 Å². The van der Waals surface area contributed by atoms with Gasteiger partial charge in [0.05, 0.1) is 0 Å². The molecule has 0 N–H and O–H groups in total. The minimum absolute atomic E-state index is 0.108. The first-order chi connectivity index (χ1) is 5.52. The molecule has 0 amide bonds. The molecule has 2 unspecified atom stereocenters. The topological polar surface area (TPSA) is 21.8 Å². The molecule has 1 saturated carbocycles. The highest BCUT2D eigenvalue weighted by Crippen LogP contribution is 2.49. The molecule has 1 aliphatic heterocycles. The van der Waals surface area contributed by atoms with E-state index in [2.05, 4.69) is 19.6 Å². The summed E-state index contributed by atoms with van der Waals surface area (Å²) in [6.45, 7) is 6.69. The van der Waals surface area contributed by atoms with E-state index in [1.807, 2.05) is 0 Å². The van der Waals surface area contributed by atoms with Crippen LogP contribution in [0, 0.1) is 0 Å². The second kappa shape index (κ2) is 2.56. The second-order valence-electron chi connectivity index (χ2n) is 4.88. The summed E-state index contributed by atoms with van der Waals surface area (Å²) in [5.74, 6) is -0.108. The fraction of sp³-hybridized carbons (Fsp3) is 1.00. The Morgan fingerprint density at radius 3 is 2.67 bits per heavy atom. The smallest absolute Gasteiger partial charge is 0.187 e. The largest absolute Gasteiger partial charge is 0.389 e. The Morgan fingerprint density at radius 1 is 1.33 bits per heavy atom. The SMILES string of the molecule is C[Si](C)(C)OC12CCCCC1O2. The monoisotopic (exact) mass is 186 g/mol. The fourth-order valence-electron chi connectivity index (χ4n) is 2.07. The lowest BCUT2D eigenvalue weighted by molar-refractivity contribution is 0.0431. The molecule has 2 nitrogen and oxygen atoms in total. The number of epoxide rings is 1.